The Labute approximate surface area is 130 Å². The third-order valence-corrected chi connectivity index (χ3v) is 4.51. The number of hydrogen-bond acceptors (Lipinski definition) is 0. The molecule has 4 aromatic rings. The van der Waals surface area contributed by atoms with Gasteiger partial charge in [0, 0.05) is 9.86 Å². The molecule has 2 heteroatoms. The molecule has 0 aliphatic carbocycles. The van der Waals surface area contributed by atoms with E-state index in [1.165, 1.54) is 26.9 Å². The van der Waals surface area contributed by atoms with Crippen molar-refractivity contribution in [2.24, 2.45) is 0 Å². The van der Waals surface area contributed by atoms with Crippen LogP contribution < -0.4 is 0 Å². The fourth-order valence-corrected chi connectivity index (χ4v) is 3.86. The minimum Gasteiger partial charge on any atom is -0.0836 e. The number of fused-ring (bicyclic) bond motifs is 6. The van der Waals surface area contributed by atoms with Gasteiger partial charge < -0.3 is 0 Å². The summed E-state index contributed by atoms with van der Waals surface area (Å²) in [5, 5.41) is 8.08. The molecule has 0 bridgehead atoms. The Hall–Kier alpha value is -1.57. The smallest absolute Gasteiger partial charge is 0.0502 e. The molecule has 0 spiro atoms. The molecule has 0 aliphatic rings. The van der Waals surface area contributed by atoms with Crippen molar-refractivity contribution in [1.29, 1.82) is 0 Å². The normalized spacial score (nSPS) is 11.5. The van der Waals surface area contributed by atoms with Gasteiger partial charge in [0.05, 0.1) is 5.02 Å². The summed E-state index contributed by atoms with van der Waals surface area (Å²) in [4.78, 5) is 0. The first kappa shape index (κ1) is 12.2. The fourth-order valence-electron chi connectivity index (χ4n) is 2.95. The second-order valence-corrected chi connectivity index (χ2v) is 6.22. The molecule has 0 fully saturated rings. The third kappa shape index (κ3) is 1.67. The Bertz CT molecular complexity index is 973. The van der Waals surface area contributed by atoms with Crippen LogP contribution in [0.1, 0.15) is 0 Å². The van der Waals surface area contributed by atoms with Gasteiger partial charge in [-0.1, -0.05) is 76.1 Å². The molecule has 0 saturated heterocycles. The van der Waals surface area contributed by atoms with Crippen LogP contribution in [0.3, 0.4) is 0 Å². The van der Waals surface area contributed by atoms with Gasteiger partial charge in [0.25, 0.3) is 0 Å². The molecule has 0 nitrogen and oxygen atoms in total. The number of halogens is 2. The molecule has 96 valence electrons. The summed E-state index contributed by atoms with van der Waals surface area (Å²) in [6.45, 7) is 0. The first-order chi connectivity index (χ1) is 9.75. The highest BCUT2D eigenvalue weighted by Gasteiger charge is 2.11. The van der Waals surface area contributed by atoms with E-state index >= 15 is 0 Å². The van der Waals surface area contributed by atoms with Crippen LogP contribution in [0.5, 0.6) is 0 Å². The van der Waals surface area contributed by atoms with Crippen LogP contribution in [-0.4, -0.2) is 0 Å². The van der Waals surface area contributed by atoms with Crippen LogP contribution >= 0.6 is 27.5 Å². The Balaban J connectivity index is 2.46. The zero-order chi connectivity index (χ0) is 13.7. The van der Waals surface area contributed by atoms with Crippen molar-refractivity contribution in [3.8, 4) is 0 Å². The summed E-state index contributed by atoms with van der Waals surface area (Å²) in [5.74, 6) is 0. The lowest BCUT2D eigenvalue weighted by atomic mass is 9.94. The Morgan fingerprint density at radius 3 is 1.80 bits per heavy atom. The average molecular weight is 342 g/mol. The van der Waals surface area contributed by atoms with Crippen LogP contribution in [0.4, 0.5) is 0 Å². The zero-order valence-electron chi connectivity index (χ0n) is 10.5. The van der Waals surface area contributed by atoms with Crippen molar-refractivity contribution in [3.63, 3.8) is 0 Å². The van der Waals surface area contributed by atoms with Crippen molar-refractivity contribution in [2.75, 3.05) is 0 Å². The summed E-state index contributed by atoms with van der Waals surface area (Å²) in [5.41, 5.74) is 0. The fraction of sp³-hybridized carbons (Fsp3) is 0. The molecule has 0 saturated carbocycles. The van der Waals surface area contributed by atoms with Gasteiger partial charge in [-0.25, -0.2) is 0 Å². The van der Waals surface area contributed by atoms with E-state index in [-0.39, 0.29) is 0 Å². The van der Waals surface area contributed by atoms with Crippen LogP contribution in [0.25, 0.3) is 32.3 Å². The van der Waals surface area contributed by atoms with Crippen molar-refractivity contribution in [1.82, 2.24) is 0 Å². The van der Waals surface area contributed by atoms with Gasteiger partial charge in [-0.05, 0) is 39.1 Å². The van der Waals surface area contributed by atoms with E-state index in [0.717, 1.165) is 14.9 Å². The van der Waals surface area contributed by atoms with Gasteiger partial charge in [0.1, 0.15) is 0 Å². The maximum atomic E-state index is 6.51. The first-order valence-corrected chi connectivity index (χ1v) is 7.61. The van der Waals surface area contributed by atoms with E-state index in [0.29, 0.717) is 0 Å². The van der Waals surface area contributed by atoms with Gasteiger partial charge in [0.2, 0.25) is 0 Å². The van der Waals surface area contributed by atoms with E-state index in [4.69, 9.17) is 11.6 Å². The summed E-state index contributed by atoms with van der Waals surface area (Å²) in [6, 6.07) is 21.0. The van der Waals surface area contributed by atoms with Gasteiger partial charge in [-0.2, -0.15) is 0 Å². The molecule has 20 heavy (non-hydrogen) atoms. The number of benzene rings is 4. The highest BCUT2D eigenvalue weighted by Crippen LogP contribution is 2.39. The topological polar surface area (TPSA) is 0 Å². The minimum absolute atomic E-state index is 0.788. The SMILES string of the molecule is Clc1cc(Br)cc2c3ccccc3c3ccccc3c12. The lowest BCUT2D eigenvalue weighted by Gasteiger charge is -2.11. The molecule has 0 radical (unpaired) electrons. The Morgan fingerprint density at radius 2 is 1.15 bits per heavy atom. The van der Waals surface area contributed by atoms with Gasteiger partial charge in [-0.3, -0.25) is 0 Å². The molecule has 0 aliphatic heterocycles. The standard InChI is InChI=1S/C18H10BrCl/c19-11-9-16-14-7-2-1-5-12(14)13-6-3-4-8-15(13)18(16)17(20)10-11/h1-10H. The largest absolute Gasteiger partial charge is 0.0836 e. The van der Waals surface area contributed by atoms with Crippen molar-refractivity contribution in [2.45, 2.75) is 0 Å². The molecule has 0 N–H and O–H groups in total. The molecule has 0 atom stereocenters. The predicted molar refractivity (Wildman–Crippen MR) is 91.7 cm³/mol. The monoisotopic (exact) mass is 340 g/mol. The second kappa shape index (κ2) is 4.47. The second-order valence-electron chi connectivity index (χ2n) is 4.90. The maximum Gasteiger partial charge on any atom is 0.0502 e. The van der Waals surface area contributed by atoms with Gasteiger partial charge in [-0.15, -0.1) is 0 Å². The van der Waals surface area contributed by atoms with Gasteiger partial charge in [0.15, 0.2) is 0 Å². The summed E-state index contributed by atoms with van der Waals surface area (Å²) >= 11 is 10.1. The quantitative estimate of drug-likeness (QED) is 0.318. The van der Waals surface area contributed by atoms with Crippen LogP contribution in [0.15, 0.2) is 65.1 Å². The van der Waals surface area contributed by atoms with Crippen molar-refractivity contribution >= 4 is 59.8 Å². The number of hydrogen-bond donors (Lipinski definition) is 0. The Kier molecular flexibility index (Phi) is 2.73. The molecule has 4 rings (SSSR count). The van der Waals surface area contributed by atoms with Crippen LogP contribution in [0, 0.1) is 0 Å². The van der Waals surface area contributed by atoms with E-state index in [9.17, 15) is 0 Å². The van der Waals surface area contributed by atoms with E-state index in [1.54, 1.807) is 0 Å². The molecular weight excluding hydrogens is 332 g/mol. The van der Waals surface area contributed by atoms with E-state index < -0.39 is 0 Å². The molecule has 0 aromatic heterocycles. The minimum atomic E-state index is 0.788. The first-order valence-electron chi connectivity index (χ1n) is 6.44. The van der Waals surface area contributed by atoms with Crippen molar-refractivity contribution < 1.29 is 0 Å². The lowest BCUT2D eigenvalue weighted by molar-refractivity contribution is 1.73. The molecule has 0 amide bonds. The lowest BCUT2D eigenvalue weighted by Crippen LogP contribution is -1.84. The van der Waals surface area contributed by atoms with Crippen LogP contribution in [0.2, 0.25) is 5.02 Å². The summed E-state index contributed by atoms with van der Waals surface area (Å²) in [7, 11) is 0. The Morgan fingerprint density at radius 1 is 0.650 bits per heavy atom. The van der Waals surface area contributed by atoms with Gasteiger partial charge >= 0.3 is 0 Å². The molecule has 0 heterocycles. The highest BCUT2D eigenvalue weighted by molar-refractivity contribution is 9.10. The van der Waals surface area contributed by atoms with E-state index in [2.05, 4.69) is 70.5 Å². The predicted octanol–water partition coefficient (Wildman–Crippen LogP) is 6.56. The molecular formula is C18H10BrCl. The summed E-state index contributed by atoms with van der Waals surface area (Å²) in [6.07, 6.45) is 0. The number of rotatable bonds is 0. The molecule has 4 aromatic carbocycles. The van der Waals surface area contributed by atoms with Crippen molar-refractivity contribution in [3.05, 3.63) is 70.2 Å². The third-order valence-electron chi connectivity index (χ3n) is 3.76. The molecule has 0 unspecified atom stereocenters. The zero-order valence-corrected chi connectivity index (χ0v) is 12.9. The maximum absolute atomic E-state index is 6.51. The summed E-state index contributed by atoms with van der Waals surface area (Å²) < 4.78 is 1.01. The highest BCUT2D eigenvalue weighted by atomic mass is 79.9. The average Bonchev–Trinajstić information content (AvgIpc) is 2.47. The van der Waals surface area contributed by atoms with E-state index in [1.807, 2.05) is 6.07 Å². The van der Waals surface area contributed by atoms with Crippen LogP contribution in [-0.2, 0) is 0 Å².